The molecule has 0 atom stereocenters. The number of hydrogen-bond acceptors (Lipinski definition) is 4. The molecule has 2 N–H and O–H groups in total. The van der Waals surface area contributed by atoms with Crippen LogP contribution in [-0.4, -0.2) is 4.98 Å². The van der Waals surface area contributed by atoms with Gasteiger partial charge in [-0.25, -0.2) is 4.98 Å². The van der Waals surface area contributed by atoms with Crippen molar-refractivity contribution in [2.45, 2.75) is 6.61 Å². The second kappa shape index (κ2) is 4.51. The maximum absolute atomic E-state index is 5.82. The van der Waals surface area contributed by atoms with Gasteiger partial charge in [0.15, 0.2) is 0 Å². The molecular formula is C10H9ClN2OS. The standard InChI is InChI=1S/C10H9ClN2OS/c11-7-2-1-3-8(4-7)14-5-10-13-9(12)6-15-10/h1-4,6H,5,12H2. The van der Waals surface area contributed by atoms with Crippen molar-refractivity contribution in [1.82, 2.24) is 4.98 Å². The van der Waals surface area contributed by atoms with Crippen molar-refractivity contribution in [2.24, 2.45) is 0 Å². The Morgan fingerprint density at radius 3 is 3.00 bits per heavy atom. The molecule has 15 heavy (non-hydrogen) atoms. The van der Waals surface area contributed by atoms with Gasteiger partial charge in [0.1, 0.15) is 23.2 Å². The first kappa shape index (κ1) is 10.3. The Hall–Kier alpha value is -1.26. The number of nitrogens with zero attached hydrogens (tertiary/aromatic N) is 1. The lowest BCUT2D eigenvalue weighted by Crippen LogP contribution is -1.95. The van der Waals surface area contributed by atoms with Crippen LogP contribution in [0.4, 0.5) is 5.82 Å². The summed E-state index contributed by atoms with van der Waals surface area (Å²) >= 11 is 7.30. The van der Waals surface area contributed by atoms with E-state index in [0.29, 0.717) is 17.4 Å². The zero-order valence-electron chi connectivity index (χ0n) is 7.81. The number of aromatic nitrogens is 1. The molecule has 78 valence electrons. The number of rotatable bonds is 3. The molecule has 2 rings (SSSR count). The first-order valence-electron chi connectivity index (χ1n) is 4.32. The summed E-state index contributed by atoms with van der Waals surface area (Å²) in [5.41, 5.74) is 5.49. The van der Waals surface area contributed by atoms with E-state index >= 15 is 0 Å². The summed E-state index contributed by atoms with van der Waals surface area (Å²) in [6.07, 6.45) is 0. The average Bonchev–Trinajstić information content (AvgIpc) is 2.62. The minimum absolute atomic E-state index is 0.419. The Labute approximate surface area is 96.5 Å². The van der Waals surface area contributed by atoms with Gasteiger partial charge in [-0.3, -0.25) is 0 Å². The third kappa shape index (κ3) is 2.84. The van der Waals surface area contributed by atoms with Gasteiger partial charge in [-0.1, -0.05) is 17.7 Å². The van der Waals surface area contributed by atoms with Gasteiger partial charge < -0.3 is 10.5 Å². The first-order valence-corrected chi connectivity index (χ1v) is 5.58. The van der Waals surface area contributed by atoms with E-state index in [0.717, 1.165) is 10.8 Å². The summed E-state index contributed by atoms with van der Waals surface area (Å²) in [5, 5.41) is 3.30. The topological polar surface area (TPSA) is 48.1 Å². The number of benzene rings is 1. The van der Waals surface area contributed by atoms with Crippen LogP contribution < -0.4 is 10.5 Å². The van der Waals surface area contributed by atoms with E-state index in [2.05, 4.69) is 4.98 Å². The summed E-state index contributed by atoms with van der Waals surface area (Å²) in [7, 11) is 0. The molecule has 0 saturated heterocycles. The van der Waals surface area contributed by atoms with Gasteiger partial charge in [-0.05, 0) is 18.2 Å². The third-order valence-electron chi connectivity index (χ3n) is 1.73. The van der Waals surface area contributed by atoms with Crippen molar-refractivity contribution in [2.75, 3.05) is 5.73 Å². The summed E-state index contributed by atoms with van der Waals surface area (Å²) in [4.78, 5) is 4.09. The Morgan fingerprint density at radius 1 is 1.47 bits per heavy atom. The van der Waals surface area contributed by atoms with Crippen molar-refractivity contribution in [1.29, 1.82) is 0 Å². The van der Waals surface area contributed by atoms with Gasteiger partial charge in [-0.2, -0.15) is 0 Å². The molecule has 0 fully saturated rings. The van der Waals surface area contributed by atoms with E-state index in [1.807, 2.05) is 12.1 Å². The lowest BCUT2D eigenvalue weighted by molar-refractivity contribution is 0.305. The van der Waals surface area contributed by atoms with E-state index in [1.165, 1.54) is 11.3 Å². The first-order chi connectivity index (χ1) is 7.24. The molecule has 0 amide bonds. The van der Waals surface area contributed by atoms with E-state index in [9.17, 15) is 0 Å². The summed E-state index contributed by atoms with van der Waals surface area (Å²) in [5.74, 6) is 1.26. The molecule has 2 aromatic rings. The largest absolute Gasteiger partial charge is 0.486 e. The second-order valence-corrected chi connectivity index (χ2v) is 4.29. The molecule has 1 heterocycles. The van der Waals surface area contributed by atoms with Crippen LogP contribution in [0, 0.1) is 0 Å². The molecule has 1 aromatic carbocycles. The Morgan fingerprint density at radius 2 is 2.33 bits per heavy atom. The van der Waals surface area contributed by atoms with Crippen LogP contribution in [0.3, 0.4) is 0 Å². The molecule has 0 bridgehead atoms. The Kier molecular flexibility index (Phi) is 3.08. The minimum atomic E-state index is 0.419. The number of ether oxygens (including phenoxy) is 1. The minimum Gasteiger partial charge on any atom is -0.486 e. The molecule has 0 saturated carbocycles. The van der Waals surface area contributed by atoms with E-state index < -0.39 is 0 Å². The zero-order valence-corrected chi connectivity index (χ0v) is 9.39. The highest BCUT2D eigenvalue weighted by Crippen LogP contribution is 2.19. The number of nitrogen functional groups attached to an aromatic ring is 1. The number of hydrogen-bond donors (Lipinski definition) is 1. The normalized spacial score (nSPS) is 10.2. The van der Waals surface area contributed by atoms with Crippen molar-refractivity contribution in [3.63, 3.8) is 0 Å². The molecule has 3 nitrogen and oxygen atoms in total. The van der Waals surface area contributed by atoms with Crippen LogP contribution in [0.5, 0.6) is 5.75 Å². The van der Waals surface area contributed by atoms with Crippen molar-refractivity contribution in [3.05, 3.63) is 39.7 Å². The molecule has 0 spiro atoms. The van der Waals surface area contributed by atoms with Crippen molar-refractivity contribution in [3.8, 4) is 5.75 Å². The smallest absolute Gasteiger partial charge is 0.140 e. The predicted octanol–water partition coefficient (Wildman–Crippen LogP) is 2.96. The summed E-state index contributed by atoms with van der Waals surface area (Å²) in [6.45, 7) is 0.419. The Balaban J connectivity index is 1.99. The fraction of sp³-hybridized carbons (Fsp3) is 0.100. The number of thiazole rings is 1. The summed E-state index contributed by atoms with van der Waals surface area (Å²) < 4.78 is 5.49. The van der Waals surface area contributed by atoms with E-state index in [-0.39, 0.29) is 0 Å². The van der Waals surface area contributed by atoms with Crippen molar-refractivity contribution >= 4 is 28.8 Å². The van der Waals surface area contributed by atoms with E-state index in [1.54, 1.807) is 17.5 Å². The molecule has 0 unspecified atom stereocenters. The van der Waals surface area contributed by atoms with Gasteiger partial charge in [0, 0.05) is 10.4 Å². The van der Waals surface area contributed by atoms with Crippen molar-refractivity contribution < 1.29 is 4.74 Å². The molecule has 0 aliphatic carbocycles. The van der Waals surface area contributed by atoms with Crippen LogP contribution in [-0.2, 0) is 6.61 Å². The molecular weight excluding hydrogens is 232 g/mol. The molecule has 0 radical (unpaired) electrons. The molecule has 0 aliphatic rings. The quantitative estimate of drug-likeness (QED) is 0.897. The van der Waals surface area contributed by atoms with Crippen LogP contribution in [0.25, 0.3) is 0 Å². The SMILES string of the molecule is Nc1csc(COc2cccc(Cl)c2)n1. The molecule has 0 aliphatic heterocycles. The van der Waals surface area contributed by atoms with Gasteiger partial charge in [0.2, 0.25) is 0 Å². The number of halogens is 1. The monoisotopic (exact) mass is 240 g/mol. The predicted molar refractivity (Wildman–Crippen MR) is 62.3 cm³/mol. The van der Waals surface area contributed by atoms with Crippen LogP contribution in [0.15, 0.2) is 29.6 Å². The van der Waals surface area contributed by atoms with Gasteiger partial charge in [-0.15, -0.1) is 11.3 Å². The second-order valence-electron chi connectivity index (χ2n) is 2.91. The maximum atomic E-state index is 5.82. The Bertz CT molecular complexity index is 458. The molecule has 1 aromatic heterocycles. The highest BCUT2D eigenvalue weighted by molar-refractivity contribution is 7.09. The third-order valence-corrected chi connectivity index (χ3v) is 2.80. The highest BCUT2D eigenvalue weighted by atomic mass is 35.5. The zero-order chi connectivity index (χ0) is 10.7. The fourth-order valence-corrected chi connectivity index (χ4v) is 1.87. The number of anilines is 1. The lowest BCUT2D eigenvalue weighted by Gasteiger charge is -2.03. The molecule has 5 heteroatoms. The van der Waals surface area contributed by atoms with E-state index in [4.69, 9.17) is 22.1 Å². The fourth-order valence-electron chi connectivity index (χ4n) is 1.09. The summed E-state index contributed by atoms with van der Waals surface area (Å²) in [6, 6.07) is 7.25. The highest BCUT2D eigenvalue weighted by Gasteiger charge is 2.00. The average molecular weight is 241 g/mol. The van der Waals surface area contributed by atoms with Crippen LogP contribution in [0.2, 0.25) is 5.02 Å². The van der Waals surface area contributed by atoms with Crippen LogP contribution in [0.1, 0.15) is 5.01 Å². The number of nitrogens with two attached hydrogens (primary N) is 1. The van der Waals surface area contributed by atoms with Crippen LogP contribution >= 0.6 is 22.9 Å². The van der Waals surface area contributed by atoms with Gasteiger partial charge in [0.05, 0.1) is 0 Å². The maximum Gasteiger partial charge on any atom is 0.140 e. The van der Waals surface area contributed by atoms with Gasteiger partial charge >= 0.3 is 0 Å². The van der Waals surface area contributed by atoms with Gasteiger partial charge in [0.25, 0.3) is 0 Å². The lowest BCUT2D eigenvalue weighted by atomic mass is 10.3.